The third-order valence-corrected chi connectivity index (χ3v) is 4.88. The summed E-state index contributed by atoms with van der Waals surface area (Å²) >= 11 is 3.40. The van der Waals surface area contributed by atoms with Gasteiger partial charge in [-0.15, -0.1) is 0 Å². The van der Waals surface area contributed by atoms with Gasteiger partial charge in [0, 0.05) is 36.6 Å². The number of amides is 2. The van der Waals surface area contributed by atoms with Gasteiger partial charge in [0.2, 0.25) is 11.8 Å². The molecule has 1 aromatic carbocycles. The van der Waals surface area contributed by atoms with Crippen molar-refractivity contribution < 1.29 is 9.59 Å². The van der Waals surface area contributed by atoms with Crippen molar-refractivity contribution in [3.8, 4) is 0 Å². The second-order valence-corrected chi connectivity index (χ2v) is 7.05. The van der Waals surface area contributed by atoms with E-state index in [1.165, 1.54) is 0 Å². The first-order valence-electron chi connectivity index (χ1n) is 7.94. The number of carbonyl (C=O) groups is 2. The zero-order valence-electron chi connectivity index (χ0n) is 12.6. The lowest BCUT2D eigenvalue weighted by molar-refractivity contribution is -0.134. The van der Waals surface area contributed by atoms with E-state index < -0.39 is 0 Å². The minimum Gasteiger partial charge on any atom is -0.341 e. The molecule has 0 N–H and O–H groups in total. The molecule has 1 aliphatic heterocycles. The van der Waals surface area contributed by atoms with Crippen LogP contribution in [0.2, 0.25) is 0 Å². The maximum absolute atomic E-state index is 12.4. The second-order valence-electron chi connectivity index (χ2n) is 6.14. The topological polar surface area (TPSA) is 40.6 Å². The number of benzene rings is 1. The van der Waals surface area contributed by atoms with Gasteiger partial charge in [0.25, 0.3) is 0 Å². The molecule has 0 aromatic heterocycles. The largest absolute Gasteiger partial charge is 0.341 e. The molecule has 4 nitrogen and oxygen atoms in total. The Kier molecular flexibility index (Phi) is 4.81. The van der Waals surface area contributed by atoms with Gasteiger partial charge in [-0.1, -0.05) is 28.1 Å². The summed E-state index contributed by atoms with van der Waals surface area (Å²) in [5.74, 6) is 0.718. The fourth-order valence-corrected chi connectivity index (χ4v) is 3.13. The van der Waals surface area contributed by atoms with E-state index >= 15 is 0 Å². The number of hydrogen-bond acceptors (Lipinski definition) is 2. The first-order chi connectivity index (χ1) is 10.6. The highest BCUT2D eigenvalue weighted by atomic mass is 79.9. The molecule has 0 spiro atoms. The van der Waals surface area contributed by atoms with E-state index in [0.717, 1.165) is 42.4 Å². The van der Waals surface area contributed by atoms with Crippen molar-refractivity contribution in [1.82, 2.24) is 9.80 Å². The molecule has 1 aromatic rings. The summed E-state index contributed by atoms with van der Waals surface area (Å²) in [6, 6.07) is 7.87. The van der Waals surface area contributed by atoms with Crippen molar-refractivity contribution in [2.45, 2.75) is 25.7 Å². The summed E-state index contributed by atoms with van der Waals surface area (Å²) in [4.78, 5) is 28.4. The van der Waals surface area contributed by atoms with Gasteiger partial charge in [-0.05, 0) is 37.0 Å². The van der Waals surface area contributed by atoms with Crippen LogP contribution in [0.3, 0.4) is 0 Å². The highest BCUT2D eigenvalue weighted by Gasteiger charge is 2.34. The van der Waals surface area contributed by atoms with Gasteiger partial charge in [0.1, 0.15) is 0 Å². The first kappa shape index (κ1) is 15.5. The minimum atomic E-state index is 0.156. The fraction of sp³-hybridized carbons (Fsp3) is 0.529. The molecule has 0 atom stereocenters. The minimum absolute atomic E-state index is 0.156. The molecule has 0 unspecified atom stereocenters. The van der Waals surface area contributed by atoms with E-state index in [0.29, 0.717) is 25.4 Å². The van der Waals surface area contributed by atoms with Gasteiger partial charge in [0.05, 0.1) is 6.42 Å². The third-order valence-electron chi connectivity index (χ3n) is 4.36. The predicted molar refractivity (Wildman–Crippen MR) is 88.3 cm³/mol. The predicted octanol–water partition coefficient (Wildman–Crippen LogP) is 2.46. The molecule has 3 rings (SSSR count). The van der Waals surface area contributed by atoms with Gasteiger partial charge in [-0.25, -0.2) is 0 Å². The Morgan fingerprint density at radius 3 is 2.32 bits per heavy atom. The lowest BCUT2D eigenvalue weighted by Crippen LogP contribution is -2.38. The van der Waals surface area contributed by atoms with Gasteiger partial charge < -0.3 is 9.80 Å². The zero-order chi connectivity index (χ0) is 15.5. The van der Waals surface area contributed by atoms with E-state index in [1.807, 2.05) is 34.1 Å². The smallest absolute Gasteiger partial charge is 0.227 e. The van der Waals surface area contributed by atoms with E-state index in [4.69, 9.17) is 0 Å². The van der Waals surface area contributed by atoms with E-state index in [-0.39, 0.29) is 11.8 Å². The molecule has 2 amide bonds. The number of hydrogen-bond donors (Lipinski definition) is 0. The highest BCUT2D eigenvalue weighted by Crippen LogP contribution is 2.31. The maximum Gasteiger partial charge on any atom is 0.227 e. The van der Waals surface area contributed by atoms with E-state index in [1.54, 1.807) is 0 Å². The van der Waals surface area contributed by atoms with Crippen LogP contribution in [-0.2, 0) is 16.0 Å². The Morgan fingerprint density at radius 1 is 1.00 bits per heavy atom. The SMILES string of the molecule is O=C(Cc1ccc(Br)cc1)N1CCCN(C(=O)C2CC2)CC1. The first-order valence-corrected chi connectivity index (χ1v) is 8.74. The van der Waals surface area contributed by atoms with Gasteiger partial charge in [-0.3, -0.25) is 9.59 Å². The average Bonchev–Trinajstić information content (AvgIpc) is 3.35. The molecular weight excluding hydrogens is 344 g/mol. The molecule has 2 fully saturated rings. The molecule has 5 heteroatoms. The van der Waals surface area contributed by atoms with Gasteiger partial charge >= 0.3 is 0 Å². The average molecular weight is 365 g/mol. The standard InChI is InChI=1S/C17H21BrN2O2/c18-15-6-2-13(3-7-15)12-16(21)19-8-1-9-20(11-10-19)17(22)14-4-5-14/h2-3,6-7,14H,1,4-5,8-12H2. The third kappa shape index (κ3) is 3.88. The van der Waals surface area contributed by atoms with Crippen molar-refractivity contribution in [2.24, 2.45) is 5.92 Å². The molecule has 1 heterocycles. The molecule has 0 bridgehead atoms. The molecule has 1 aliphatic carbocycles. The van der Waals surface area contributed by atoms with Crippen molar-refractivity contribution in [2.75, 3.05) is 26.2 Å². The number of rotatable bonds is 3. The van der Waals surface area contributed by atoms with Crippen molar-refractivity contribution in [1.29, 1.82) is 0 Å². The van der Waals surface area contributed by atoms with Crippen LogP contribution in [0.4, 0.5) is 0 Å². The zero-order valence-corrected chi connectivity index (χ0v) is 14.2. The summed E-state index contributed by atoms with van der Waals surface area (Å²) in [5.41, 5.74) is 1.03. The Balaban J connectivity index is 1.54. The number of carbonyl (C=O) groups excluding carboxylic acids is 2. The van der Waals surface area contributed by atoms with Crippen molar-refractivity contribution in [3.63, 3.8) is 0 Å². The summed E-state index contributed by atoms with van der Waals surface area (Å²) in [6.07, 6.45) is 3.40. The number of halogens is 1. The van der Waals surface area contributed by atoms with Crippen molar-refractivity contribution in [3.05, 3.63) is 34.3 Å². The molecule has 1 saturated carbocycles. The lowest BCUT2D eigenvalue weighted by atomic mass is 10.1. The monoisotopic (exact) mass is 364 g/mol. The lowest BCUT2D eigenvalue weighted by Gasteiger charge is -2.22. The molecule has 22 heavy (non-hydrogen) atoms. The summed E-state index contributed by atoms with van der Waals surface area (Å²) in [5, 5.41) is 0. The maximum atomic E-state index is 12.4. The molecule has 118 valence electrons. The summed E-state index contributed by atoms with van der Waals surface area (Å²) in [7, 11) is 0. The second kappa shape index (κ2) is 6.82. The van der Waals surface area contributed by atoms with E-state index in [2.05, 4.69) is 15.9 Å². The molecule has 2 aliphatic rings. The fourth-order valence-electron chi connectivity index (χ4n) is 2.86. The van der Waals surface area contributed by atoms with Gasteiger partial charge in [0.15, 0.2) is 0 Å². The quantitative estimate of drug-likeness (QED) is 0.826. The van der Waals surface area contributed by atoms with Crippen LogP contribution in [0.15, 0.2) is 28.7 Å². The Morgan fingerprint density at radius 2 is 1.64 bits per heavy atom. The van der Waals surface area contributed by atoms with Crippen LogP contribution in [0.5, 0.6) is 0 Å². The molecule has 1 saturated heterocycles. The van der Waals surface area contributed by atoms with Crippen LogP contribution in [-0.4, -0.2) is 47.8 Å². The Labute approximate surface area is 139 Å². The summed E-state index contributed by atoms with van der Waals surface area (Å²) < 4.78 is 1.02. The highest BCUT2D eigenvalue weighted by molar-refractivity contribution is 9.10. The van der Waals surface area contributed by atoms with Crippen LogP contribution >= 0.6 is 15.9 Å². The van der Waals surface area contributed by atoms with Crippen LogP contribution < -0.4 is 0 Å². The normalized spacial score (nSPS) is 19.0. The Hall–Kier alpha value is -1.36. The van der Waals surface area contributed by atoms with Crippen LogP contribution in [0.25, 0.3) is 0 Å². The van der Waals surface area contributed by atoms with E-state index in [9.17, 15) is 9.59 Å². The van der Waals surface area contributed by atoms with Crippen LogP contribution in [0.1, 0.15) is 24.8 Å². The van der Waals surface area contributed by atoms with Crippen molar-refractivity contribution >= 4 is 27.7 Å². The summed E-state index contributed by atoms with van der Waals surface area (Å²) in [6.45, 7) is 2.89. The number of nitrogens with zero attached hydrogens (tertiary/aromatic N) is 2. The molecular formula is C17H21BrN2O2. The Bertz CT molecular complexity index is 554. The van der Waals surface area contributed by atoms with Gasteiger partial charge in [-0.2, -0.15) is 0 Å². The molecule has 0 radical (unpaired) electrons. The van der Waals surface area contributed by atoms with Crippen LogP contribution in [0, 0.1) is 5.92 Å².